The van der Waals surface area contributed by atoms with Crippen LogP contribution in [0.4, 0.5) is 5.69 Å². The minimum atomic E-state index is -0.562. The van der Waals surface area contributed by atoms with Gasteiger partial charge in [-0.1, -0.05) is 53.5 Å². The third-order valence-corrected chi connectivity index (χ3v) is 4.33. The van der Waals surface area contributed by atoms with Crippen molar-refractivity contribution < 1.29 is 14.3 Å². The van der Waals surface area contributed by atoms with Gasteiger partial charge in [0.05, 0.1) is 10.6 Å². The van der Waals surface area contributed by atoms with E-state index in [-0.39, 0.29) is 23.1 Å². The number of nitrogens with one attached hydrogen (secondary N) is 1. The van der Waals surface area contributed by atoms with Gasteiger partial charge >= 0.3 is 5.97 Å². The van der Waals surface area contributed by atoms with Crippen molar-refractivity contribution in [3.8, 4) is 0 Å². The highest BCUT2D eigenvalue weighted by molar-refractivity contribution is 6.35. The van der Waals surface area contributed by atoms with Crippen LogP contribution < -0.4 is 5.32 Å². The molecule has 0 unspecified atom stereocenters. The summed E-state index contributed by atoms with van der Waals surface area (Å²) in [7, 11) is 0. The molecule has 0 spiro atoms. The van der Waals surface area contributed by atoms with E-state index in [1.807, 2.05) is 30.3 Å². The Morgan fingerprint density at radius 3 is 2.30 bits per heavy atom. The van der Waals surface area contributed by atoms with E-state index < -0.39 is 5.97 Å². The Morgan fingerprint density at radius 2 is 1.59 bits per heavy atom. The lowest BCUT2D eigenvalue weighted by Crippen LogP contribution is -2.12. The molecule has 0 saturated heterocycles. The summed E-state index contributed by atoms with van der Waals surface area (Å²) in [5.41, 5.74) is 2.19. The molecule has 0 bridgehead atoms. The van der Waals surface area contributed by atoms with Crippen LogP contribution in [0.25, 0.3) is 0 Å². The lowest BCUT2D eigenvalue weighted by Gasteiger charge is -2.08. The van der Waals surface area contributed by atoms with Crippen molar-refractivity contribution in [2.45, 2.75) is 6.61 Å². The van der Waals surface area contributed by atoms with E-state index in [1.54, 1.807) is 36.4 Å². The second-order valence-corrected chi connectivity index (χ2v) is 6.56. The summed E-state index contributed by atoms with van der Waals surface area (Å²) in [6.07, 6.45) is 0. The summed E-state index contributed by atoms with van der Waals surface area (Å²) in [5.74, 6) is -0.774. The van der Waals surface area contributed by atoms with Gasteiger partial charge in [0.2, 0.25) is 0 Å². The number of hydrogen-bond acceptors (Lipinski definition) is 3. The molecule has 0 aliphatic rings. The zero-order chi connectivity index (χ0) is 19.2. The first-order valence-corrected chi connectivity index (χ1v) is 8.86. The predicted octanol–water partition coefficient (Wildman–Crippen LogP) is 5.60. The Labute approximate surface area is 166 Å². The molecule has 4 nitrogen and oxygen atoms in total. The van der Waals surface area contributed by atoms with Crippen LogP contribution in [0, 0.1) is 0 Å². The Bertz CT molecular complexity index is 957. The normalized spacial score (nSPS) is 10.3. The van der Waals surface area contributed by atoms with Crippen LogP contribution in [0.3, 0.4) is 0 Å². The van der Waals surface area contributed by atoms with Gasteiger partial charge in [0.1, 0.15) is 6.61 Å². The fourth-order valence-electron chi connectivity index (χ4n) is 2.36. The molecule has 0 saturated carbocycles. The summed E-state index contributed by atoms with van der Waals surface area (Å²) >= 11 is 11.9. The molecule has 3 aromatic rings. The van der Waals surface area contributed by atoms with Crippen molar-refractivity contribution in [2.24, 2.45) is 0 Å². The molecule has 136 valence electrons. The second-order valence-electron chi connectivity index (χ2n) is 5.72. The number of anilines is 1. The minimum Gasteiger partial charge on any atom is -0.457 e. The molecule has 1 N–H and O–H groups in total. The highest BCUT2D eigenvalue weighted by Gasteiger charge is 2.13. The Balaban J connectivity index is 1.60. The van der Waals surface area contributed by atoms with Crippen LogP contribution in [0.1, 0.15) is 26.3 Å². The van der Waals surface area contributed by atoms with Crippen molar-refractivity contribution in [1.29, 1.82) is 0 Å². The largest absolute Gasteiger partial charge is 0.457 e. The van der Waals surface area contributed by atoms with Gasteiger partial charge < -0.3 is 10.1 Å². The van der Waals surface area contributed by atoms with Crippen LogP contribution in [-0.2, 0) is 11.3 Å². The van der Waals surface area contributed by atoms with Crippen molar-refractivity contribution in [1.82, 2.24) is 0 Å². The fourth-order valence-corrected chi connectivity index (χ4v) is 2.72. The number of ether oxygens (including phenoxy) is 1. The standard InChI is InChI=1S/C21H15Cl2NO3/c22-16-10-11-19(23)18(12-16)21(26)27-13-14-6-8-15(9-7-14)20(25)24-17-4-2-1-3-5-17/h1-12H,13H2,(H,24,25). The maximum Gasteiger partial charge on any atom is 0.340 e. The zero-order valence-electron chi connectivity index (χ0n) is 14.1. The van der Waals surface area contributed by atoms with Gasteiger partial charge in [0.25, 0.3) is 5.91 Å². The molecule has 6 heteroatoms. The quantitative estimate of drug-likeness (QED) is 0.567. The van der Waals surface area contributed by atoms with E-state index in [9.17, 15) is 9.59 Å². The lowest BCUT2D eigenvalue weighted by molar-refractivity contribution is 0.0472. The van der Waals surface area contributed by atoms with Crippen LogP contribution in [0.2, 0.25) is 10.0 Å². The van der Waals surface area contributed by atoms with Crippen molar-refractivity contribution in [2.75, 3.05) is 5.32 Å². The summed E-state index contributed by atoms with van der Waals surface area (Å²) in [6.45, 7) is 0.0578. The molecular weight excluding hydrogens is 385 g/mol. The number of carbonyl (C=O) groups excluding carboxylic acids is 2. The summed E-state index contributed by atoms with van der Waals surface area (Å²) < 4.78 is 5.26. The first kappa shape index (κ1) is 19.0. The average molecular weight is 400 g/mol. The van der Waals surface area contributed by atoms with Gasteiger partial charge in [-0.2, -0.15) is 0 Å². The number of amides is 1. The summed E-state index contributed by atoms with van der Waals surface area (Å²) in [5, 5.41) is 3.49. The van der Waals surface area contributed by atoms with Gasteiger partial charge in [0.15, 0.2) is 0 Å². The predicted molar refractivity (Wildman–Crippen MR) is 106 cm³/mol. The van der Waals surface area contributed by atoms with Gasteiger partial charge in [-0.3, -0.25) is 4.79 Å². The highest BCUT2D eigenvalue weighted by atomic mass is 35.5. The van der Waals surface area contributed by atoms with Gasteiger partial charge in [0, 0.05) is 16.3 Å². The van der Waals surface area contributed by atoms with Crippen molar-refractivity contribution in [3.05, 3.63) is 99.5 Å². The van der Waals surface area contributed by atoms with Gasteiger partial charge in [-0.05, 0) is 48.0 Å². The maximum atomic E-state index is 12.2. The van der Waals surface area contributed by atoms with Gasteiger partial charge in [-0.15, -0.1) is 0 Å². The second kappa shape index (κ2) is 8.71. The SMILES string of the molecule is O=C(Nc1ccccc1)c1ccc(COC(=O)c2cc(Cl)ccc2Cl)cc1. The molecule has 0 heterocycles. The number of halogens is 2. The molecule has 0 aromatic heterocycles. The van der Waals surface area contributed by atoms with E-state index in [2.05, 4.69) is 5.32 Å². The van der Waals surface area contributed by atoms with E-state index >= 15 is 0 Å². The van der Waals surface area contributed by atoms with E-state index in [1.165, 1.54) is 6.07 Å². The molecular formula is C21H15Cl2NO3. The first-order valence-electron chi connectivity index (χ1n) is 8.10. The monoisotopic (exact) mass is 399 g/mol. The van der Waals surface area contributed by atoms with Crippen LogP contribution in [0.15, 0.2) is 72.8 Å². The molecule has 0 radical (unpaired) electrons. The topological polar surface area (TPSA) is 55.4 Å². The van der Waals surface area contributed by atoms with Crippen molar-refractivity contribution >= 4 is 40.8 Å². The first-order chi connectivity index (χ1) is 13.0. The lowest BCUT2D eigenvalue weighted by atomic mass is 10.1. The molecule has 1 amide bonds. The highest BCUT2D eigenvalue weighted by Crippen LogP contribution is 2.22. The number of carbonyl (C=O) groups is 2. The molecule has 0 fully saturated rings. The number of para-hydroxylation sites is 1. The fraction of sp³-hybridized carbons (Fsp3) is 0.0476. The van der Waals surface area contributed by atoms with Crippen LogP contribution in [-0.4, -0.2) is 11.9 Å². The smallest absolute Gasteiger partial charge is 0.340 e. The maximum absolute atomic E-state index is 12.2. The molecule has 3 aromatic carbocycles. The summed E-state index contributed by atoms with van der Waals surface area (Å²) in [6, 6.07) is 20.6. The van der Waals surface area contributed by atoms with Crippen LogP contribution in [0.5, 0.6) is 0 Å². The third kappa shape index (κ3) is 5.09. The van der Waals surface area contributed by atoms with Crippen LogP contribution >= 0.6 is 23.2 Å². The minimum absolute atomic E-state index is 0.0578. The Morgan fingerprint density at radius 1 is 0.889 bits per heavy atom. The van der Waals surface area contributed by atoms with E-state index in [4.69, 9.17) is 27.9 Å². The molecule has 3 rings (SSSR count). The summed E-state index contributed by atoms with van der Waals surface area (Å²) in [4.78, 5) is 24.4. The number of benzene rings is 3. The number of rotatable bonds is 5. The Hall–Kier alpha value is -2.82. The average Bonchev–Trinajstić information content (AvgIpc) is 2.69. The Kier molecular flexibility index (Phi) is 6.12. The molecule has 27 heavy (non-hydrogen) atoms. The van der Waals surface area contributed by atoms with Gasteiger partial charge in [-0.25, -0.2) is 4.79 Å². The number of hydrogen-bond donors (Lipinski definition) is 1. The molecule has 0 aliphatic carbocycles. The third-order valence-electron chi connectivity index (χ3n) is 3.77. The van der Waals surface area contributed by atoms with Crippen molar-refractivity contribution in [3.63, 3.8) is 0 Å². The number of esters is 1. The zero-order valence-corrected chi connectivity index (χ0v) is 15.6. The molecule has 0 atom stereocenters. The van der Waals surface area contributed by atoms with E-state index in [0.29, 0.717) is 10.6 Å². The van der Waals surface area contributed by atoms with E-state index in [0.717, 1.165) is 11.3 Å². The molecule has 0 aliphatic heterocycles.